The van der Waals surface area contributed by atoms with E-state index in [1.54, 1.807) is 29.8 Å². The number of fused-ring (bicyclic) bond motifs is 1. The molecular weight excluding hydrogens is 468 g/mol. The van der Waals surface area contributed by atoms with Crippen LogP contribution >= 0.6 is 11.3 Å². The second-order valence-electron chi connectivity index (χ2n) is 8.40. The van der Waals surface area contributed by atoms with E-state index in [0.29, 0.717) is 23.9 Å². The summed E-state index contributed by atoms with van der Waals surface area (Å²) < 4.78 is 6.13. The number of hydrazone groups is 1. The molecule has 3 aromatic heterocycles. The molecule has 0 atom stereocenters. The first-order chi connectivity index (χ1) is 17.6. The number of nitrogen functional groups attached to an aromatic ring is 1. The zero-order valence-corrected chi connectivity index (χ0v) is 20.3. The van der Waals surface area contributed by atoms with Gasteiger partial charge in [-0.05, 0) is 72.0 Å². The van der Waals surface area contributed by atoms with Crippen LogP contribution in [0.15, 0.2) is 95.7 Å². The Bertz CT molecular complexity index is 1580. The van der Waals surface area contributed by atoms with Crippen LogP contribution < -0.4 is 15.5 Å². The lowest BCUT2D eigenvalue weighted by atomic mass is 10.00. The third kappa shape index (κ3) is 4.30. The lowest BCUT2D eigenvalue weighted by molar-refractivity contribution is 0.465. The second-order valence-corrected chi connectivity index (χ2v) is 9.32. The molecule has 176 valence electrons. The fraction of sp³-hybridized carbons (Fsp3) is 0.0714. The maximum absolute atomic E-state index is 6.13. The second kappa shape index (κ2) is 9.24. The van der Waals surface area contributed by atoms with Crippen LogP contribution in [-0.2, 0) is 6.54 Å². The van der Waals surface area contributed by atoms with Gasteiger partial charge in [-0.1, -0.05) is 24.3 Å². The molecule has 36 heavy (non-hydrogen) atoms. The summed E-state index contributed by atoms with van der Waals surface area (Å²) in [4.78, 5) is 13.8. The highest BCUT2D eigenvalue weighted by Crippen LogP contribution is 2.33. The molecule has 0 amide bonds. The Morgan fingerprint density at radius 1 is 0.917 bits per heavy atom. The minimum atomic E-state index is 0.201. The number of rotatable bonds is 5. The number of nitrogens with zero attached hydrogens (tertiary/aromatic N) is 5. The normalized spacial score (nSPS) is 12.7. The third-order valence-electron chi connectivity index (χ3n) is 5.85. The van der Waals surface area contributed by atoms with Gasteiger partial charge in [0.15, 0.2) is 0 Å². The quantitative estimate of drug-likeness (QED) is 0.322. The number of aryl methyl sites for hydroxylation is 1. The molecule has 5 aromatic rings. The minimum Gasteiger partial charge on any atom is -0.438 e. The van der Waals surface area contributed by atoms with Gasteiger partial charge in [0.1, 0.15) is 11.5 Å². The van der Waals surface area contributed by atoms with E-state index in [0.717, 1.165) is 21.8 Å². The van der Waals surface area contributed by atoms with Gasteiger partial charge in [-0.15, -0.1) is 11.3 Å². The molecule has 1 aliphatic rings. The van der Waals surface area contributed by atoms with Crippen LogP contribution in [0.5, 0.6) is 11.6 Å². The zero-order valence-electron chi connectivity index (χ0n) is 19.5. The van der Waals surface area contributed by atoms with Gasteiger partial charge in [0.2, 0.25) is 11.8 Å². The zero-order chi connectivity index (χ0) is 24.5. The first-order valence-electron chi connectivity index (χ1n) is 11.5. The van der Waals surface area contributed by atoms with E-state index >= 15 is 0 Å². The van der Waals surface area contributed by atoms with Crippen LogP contribution in [0.4, 0.5) is 11.6 Å². The highest BCUT2D eigenvalue weighted by atomic mass is 32.1. The van der Waals surface area contributed by atoms with E-state index in [1.165, 1.54) is 16.7 Å². The Kier molecular flexibility index (Phi) is 5.63. The van der Waals surface area contributed by atoms with Gasteiger partial charge in [-0.25, -0.2) is 15.0 Å². The largest absolute Gasteiger partial charge is 0.438 e. The molecule has 0 saturated heterocycles. The van der Waals surface area contributed by atoms with E-state index < -0.39 is 0 Å². The Balaban J connectivity index is 1.29. The van der Waals surface area contributed by atoms with Gasteiger partial charge < -0.3 is 10.5 Å². The molecule has 2 aromatic carbocycles. The number of nitrogens with two attached hydrogens (primary N) is 1. The maximum Gasteiger partial charge on any atom is 0.228 e. The highest BCUT2D eigenvalue weighted by molar-refractivity contribution is 7.12. The van der Waals surface area contributed by atoms with Crippen molar-refractivity contribution in [2.45, 2.75) is 13.5 Å². The Morgan fingerprint density at radius 2 is 1.75 bits per heavy atom. The Morgan fingerprint density at radius 3 is 2.56 bits per heavy atom. The first-order valence-corrected chi connectivity index (χ1v) is 12.3. The molecule has 0 unspecified atom stereocenters. The number of thiophene rings is 1. The van der Waals surface area contributed by atoms with Crippen LogP contribution in [0.25, 0.3) is 11.3 Å². The summed E-state index contributed by atoms with van der Waals surface area (Å²) in [6.07, 6.45) is 3.30. The van der Waals surface area contributed by atoms with Crippen molar-refractivity contribution in [3.05, 3.63) is 112 Å². The van der Waals surface area contributed by atoms with Gasteiger partial charge in [0.05, 0.1) is 28.4 Å². The van der Waals surface area contributed by atoms with Crippen molar-refractivity contribution in [1.29, 1.82) is 0 Å². The number of benzene rings is 2. The standard InChI is InChI=1S/C28H22N6OS/c1-18-15-25(36-17-18)26-22-6-3-2-5-19(22)16-34(33-26)20-8-10-21(11-9-20)35-27-23(7-4-13-30-27)24-12-14-31-28(29)32-24/h2-15,17H,16H2,1H3,(H2,29,31,32). The van der Waals surface area contributed by atoms with Crippen LogP contribution in [0.1, 0.15) is 21.6 Å². The van der Waals surface area contributed by atoms with Crippen LogP contribution in [0.3, 0.4) is 0 Å². The first kappa shape index (κ1) is 21.9. The number of pyridine rings is 1. The van der Waals surface area contributed by atoms with Crippen LogP contribution in [0, 0.1) is 6.92 Å². The fourth-order valence-electron chi connectivity index (χ4n) is 4.14. The molecule has 2 N–H and O–H groups in total. The summed E-state index contributed by atoms with van der Waals surface area (Å²) in [5.41, 5.74) is 12.8. The summed E-state index contributed by atoms with van der Waals surface area (Å²) >= 11 is 1.72. The average Bonchev–Trinajstić information content (AvgIpc) is 3.35. The average molecular weight is 491 g/mol. The van der Waals surface area contributed by atoms with Crippen LogP contribution in [-0.4, -0.2) is 20.7 Å². The molecule has 6 rings (SSSR count). The SMILES string of the molecule is Cc1csc(C2=NN(c3ccc(Oc4ncccc4-c4ccnc(N)n4)cc3)Cc3ccccc32)c1. The lowest BCUT2D eigenvalue weighted by Gasteiger charge is -2.27. The predicted octanol–water partition coefficient (Wildman–Crippen LogP) is 6.06. The van der Waals surface area contributed by atoms with Crippen molar-refractivity contribution < 1.29 is 4.74 Å². The topological polar surface area (TPSA) is 89.5 Å². The molecule has 0 spiro atoms. The summed E-state index contributed by atoms with van der Waals surface area (Å²) in [7, 11) is 0. The summed E-state index contributed by atoms with van der Waals surface area (Å²) in [5.74, 6) is 1.31. The molecule has 7 nitrogen and oxygen atoms in total. The lowest BCUT2D eigenvalue weighted by Crippen LogP contribution is -2.25. The molecule has 4 heterocycles. The van der Waals surface area contributed by atoms with Crippen molar-refractivity contribution in [2.24, 2.45) is 5.10 Å². The van der Waals surface area contributed by atoms with Crippen molar-refractivity contribution in [3.8, 4) is 22.9 Å². The van der Waals surface area contributed by atoms with E-state index in [9.17, 15) is 0 Å². The molecule has 1 aliphatic heterocycles. The minimum absolute atomic E-state index is 0.201. The van der Waals surface area contributed by atoms with Gasteiger partial charge in [-0.3, -0.25) is 5.01 Å². The van der Waals surface area contributed by atoms with Crippen molar-refractivity contribution in [2.75, 3.05) is 10.7 Å². The molecule has 8 heteroatoms. The van der Waals surface area contributed by atoms with Crippen molar-refractivity contribution in [3.63, 3.8) is 0 Å². The molecule has 0 aliphatic carbocycles. The number of anilines is 2. The monoisotopic (exact) mass is 490 g/mol. The number of aromatic nitrogens is 3. The number of hydrogen-bond acceptors (Lipinski definition) is 8. The van der Waals surface area contributed by atoms with E-state index in [1.807, 2.05) is 41.4 Å². The summed E-state index contributed by atoms with van der Waals surface area (Å²) in [6, 6.07) is 24.0. The van der Waals surface area contributed by atoms with Crippen LogP contribution in [0.2, 0.25) is 0 Å². The van der Waals surface area contributed by atoms with Gasteiger partial charge >= 0.3 is 0 Å². The third-order valence-corrected chi connectivity index (χ3v) is 6.90. The fourth-order valence-corrected chi connectivity index (χ4v) is 5.03. The summed E-state index contributed by atoms with van der Waals surface area (Å²) in [5, 5.41) is 9.23. The van der Waals surface area contributed by atoms with Crippen molar-refractivity contribution in [1.82, 2.24) is 15.0 Å². The van der Waals surface area contributed by atoms with Crippen molar-refractivity contribution >= 4 is 28.7 Å². The van der Waals surface area contributed by atoms with E-state index in [-0.39, 0.29) is 5.95 Å². The Labute approximate surface area is 212 Å². The predicted molar refractivity (Wildman–Crippen MR) is 144 cm³/mol. The summed E-state index contributed by atoms with van der Waals surface area (Å²) in [6.45, 7) is 2.81. The van der Waals surface area contributed by atoms with E-state index in [4.69, 9.17) is 15.6 Å². The molecule has 0 fully saturated rings. The smallest absolute Gasteiger partial charge is 0.228 e. The number of hydrogen-bond donors (Lipinski definition) is 1. The molecule has 0 bridgehead atoms. The molecular formula is C28H22N6OS. The number of ether oxygens (including phenoxy) is 1. The van der Waals surface area contributed by atoms with Gasteiger partial charge in [-0.2, -0.15) is 5.10 Å². The maximum atomic E-state index is 6.13. The van der Waals surface area contributed by atoms with Gasteiger partial charge in [0.25, 0.3) is 0 Å². The highest BCUT2D eigenvalue weighted by Gasteiger charge is 2.22. The Hall–Kier alpha value is -4.56. The molecule has 0 radical (unpaired) electrons. The van der Waals surface area contributed by atoms with E-state index in [2.05, 4.69) is 57.6 Å². The molecule has 0 saturated carbocycles. The van der Waals surface area contributed by atoms with Gasteiger partial charge in [0, 0.05) is 18.0 Å².